The van der Waals surface area contributed by atoms with Gasteiger partial charge in [0.2, 0.25) is 0 Å². The molecule has 1 atom stereocenters. The summed E-state index contributed by atoms with van der Waals surface area (Å²) in [5.41, 5.74) is 4.26. The fraction of sp³-hybridized carbons (Fsp3) is 0.273. The van der Waals surface area contributed by atoms with Crippen LogP contribution >= 0.6 is 0 Å². The average molecular weight is 407 g/mol. The highest BCUT2D eigenvalue weighted by atomic mass is 19.1. The molecule has 7 nitrogen and oxygen atoms in total. The van der Waals surface area contributed by atoms with Crippen LogP contribution in [0, 0.1) is 19.7 Å². The molecule has 0 fully saturated rings. The molecule has 0 saturated carbocycles. The molecule has 1 N–H and O–H groups in total. The van der Waals surface area contributed by atoms with Gasteiger partial charge in [0.15, 0.2) is 0 Å². The van der Waals surface area contributed by atoms with E-state index in [1.54, 1.807) is 25.1 Å². The number of rotatable bonds is 5. The molecule has 1 aromatic carbocycles. The van der Waals surface area contributed by atoms with Crippen LogP contribution in [-0.2, 0) is 6.54 Å². The number of aromatic nitrogens is 4. The molecule has 3 heterocycles. The smallest absolute Gasteiger partial charge is 0.259 e. The lowest BCUT2D eigenvalue weighted by Crippen LogP contribution is -2.27. The van der Waals surface area contributed by atoms with Gasteiger partial charge in [-0.1, -0.05) is 5.16 Å². The molecule has 0 aliphatic heterocycles. The largest absolute Gasteiger partial charge is 0.345 e. The van der Waals surface area contributed by atoms with Crippen molar-refractivity contribution in [3.05, 3.63) is 64.9 Å². The molecular formula is C22H22FN5O2. The predicted molar refractivity (Wildman–Crippen MR) is 110 cm³/mol. The van der Waals surface area contributed by atoms with Crippen LogP contribution in [0.1, 0.15) is 47.2 Å². The van der Waals surface area contributed by atoms with E-state index in [1.165, 1.54) is 12.1 Å². The monoisotopic (exact) mass is 407 g/mol. The Bertz CT molecular complexity index is 1230. The number of carbonyl (C=O) groups is 1. The Morgan fingerprint density at radius 2 is 1.97 bits per heavy atom. The minimum absolute atomic E-state index is 0.240. The minimum Gasteiger partial charge on any atom is -0.345 e. The quantitative estimate of drug-likeness (QED) is 0.531. The zero-order chi connectivity index (χ0) is 21.4. The summed E-state index contributed by atoms with van der Waals surface area (Å²) in [5, 5.41) is 12.0. The molecule has 0 saturated heterocycles. The molecule has 154 valence electrons. The average Bonchev–Trinajstić information content (AvgIpc) is 3.30. The maximum absolute atomic E-state index is 13.3. The van der Waals surface area contributed by atoms with Crippen LogP contribution in [-0.4, -0.2) is 25.8 Å². The molecule has 0 unspecified atom stereocenters. The summed E-state index contributed by atoms with van der Waals surface area (Å²) in [6, 6.07) is 7.37. The van der Waals surface area contributed by atoms with E-state index < -0.39 is 0 Å². The highest BCUT2D eigenvalue weighted by molar-refractivity contribution is 6.07. The van der Waals surface area contributed by atoms with Gasteiger partial charge in [-0.05, 0) is 58.0 Å². The highest BCUT2D eigenvalue weighted by Gasteiger charge is 2.22. The Balaban J connectivity index is 1.72. The normalized spacial score (nSPS) is 12.3. The van der Waals surface area contributed by atoms with Gasteiger partial charge < -0.3 is 9.84 Å². The van der Waals surface area contributed by atoms with Crippen LogP contribution in [0.4, 0.5) is 4.39 Å². The molecule has 0 bridgehead atoms. The third kappa shape index (κ3) is 3.56. The predicted octanol–water partition coefficient (Wildman–Crippen LogP) is 4.35. The number of halogens is 1. The summed E-state index contributed by atoms with van der Waals surface area (Å²) < 4.78 is 20.5. The Morgan fingerprint density at radius 1 is 1.23 bits per heavy atom. The van der Waals surface area contributed by atoms with E-state index in [4.69, 9.17) is 4.52 Å². The lowest BCUT2D eigenvalue weighted by Gasteiger charge is -2.14. The van der Waals surface area contributed by atoms with Crippen LogP contribution in [0.25, 0.3) is 22.4 Å². The summed E-state index contributed by atoms with van der Waals surface area (Å²) in [6.45, 7) is 8.38. The number of carbonyl (C=O) groups excluding carboxylic acids is 1. The van der Waals surface area contributed by atoms with Gasteiger partial charge in [-0.2, -0.15) is 5.10 Å². The maximum atomic E-state index is 13.3. The lowest BCUT2D eigenvalue weighted by atomic mass is 10.0. The van der Waals surface area contributed by atoms with E-state index in [2.05, 4.69) is 20.6 Å². The van der Waals surface area contributed by atoms with Crippen molar-refractivity contribution < 1.29 is 13.7 Å². The van der Waals surface area contributed by atoms with E-state index in [9.17, 15) is 9.18 Å². The first-order valence-electron chi connectivity index (χ1n) is 9.75. The number of pyridine rings is 1. The van der Waals surface area contributed by atoms with Crippen molar-refractivity contribution >= 4 is 17.0 Å². The second kappa shape index (κ2) is 7.70. The minimum atomic E-state index is -0.342. The van der Waals surface area contributed by atoms with Crippen LogP contribution in [0.3, 0.4) is 0 Å². The van der Waals surface area contributed by atoms with Crippen molar-refractivity contribution in [2.24, 2.45) is 0 Å². The first-order valence-corrected chi connectivity index (χ1v) is 9.75. The summed E-state index contributed by atoms with van der Waals surface area (Å²) in [5.74, 6) is -0.613. The van der Waals surface area contributed by atoms with Gasteiger partial charge in [-0.15, -0.1) is 0 Å². The third-order valence-electron chi connectivity index (χ3n) is 5.12. The Hall–Kier alpha value is -3.55. The molecule has 0 aliphatic carbocycles. The van der Waals surface area contributed by atoms with E-state index in [0.29, 0.717) is 27.9 Å². The lowest BCUT2D eigenvalue weighted by molar-refractivity contribution is 0.0941. The Morgan fingerprint density at radius 3 is 2.63 bits per heavy atom. The van der Waals surface area contributed by atoms with E-state index in [-0.39, 0.29) is 23.5 Å². The standard InChI is InChI=1S/C22H22FN5O2/c1-5-28-11-18(13(3)26-28)12(2)24-21(29)17-10-19(15-6-8-16(23)9-7-15)25-22-20(17)14(4)27-30-22/h6-12H,5H2,1-4H3,(H,24,29)/t12-/m0/s1. The zero-order valence-corrected chi connectivity index (χ0v) is 17.2. The van der Waals surface area contributed by atoms with E-state index >= 15 is 0 Å². The Kier molecular flexibility index (Phi) is 5.07. The maximum Gasteiger partial charge on any atom is 0.259 e. The van der Waals surface area contributed by atoms with Crippen LogP contribution in [0.2, 0.25) is 0 Å². The molecule has 0 radical (unpaired) electrons. The van der Waals surface area contributed by atoms with Crippen molar-refractivity contribution in [3.63, 3.8) is 0 Å². The van der Waals surface area contributed by atoms with Crippen molar-refractivity contribution in [3.8, 4) is 11.3 Å². The topological polar surface area (TPSA) is 85.8 Å². The van der Waals surface area contributed by atoms with Crippen molar-refractivity contribution in [2.75, 3.05) is 0 Å². The summed E-state index contributed by atoms with van der Waals surface area (Å²) >= 11 is 0. The summed E-state index contributed by atoms with van der Waals surface area (Å²) in [7, 11) is 0. The molecular weight excluding hydrogens is 385 g/mol. The van der Waals surface area contributed by atoms with Crippen molar-refractivity contribution in [1.29, 1.82) is 0 Å². The number of hydrogen-bond acceptors (Lipinski definition) is 5. The number of fused-ring (bicyclic) bond motifs is 1. The molecule has 8 heteroatoms. The van der Waals surface area contributed by atoms with Crippen molar-refractivity contribution in [1.82, 2.24) is 25.2 Å². The van der Waals surface area contributed by atoms with E-state index in [0.717, 1.165) is 17.8 Å². The number of benzene rings is 1. The molecule has 4 aromatic rings. The fourth-order valence-electron chi connectivity index (χ4n) is 3.51. The number of nitrogens with one attached hydrogen (secondary N) is 1. The van der Waals surface area contributed by atoms with Gasteiger partial charge in [0.05, 0.1) is 34.1 Å². The Labute approximate surface area is 172 Å². The van der Waals surface area contributed by atoms with Crippen LogP contribution < -0.4 is 5.32 Å². The van der Waals surface area contributed by atoms with Gasteiger partial charge in [0.1, 0.15) is 5.82 Å². The molecule has 4 rings (SSSR count). The second-order valence-corrected chi connectivity index (χ2v) is 7.23. The van der Waals surface area contributed by atoms with Gasteiger partial charge in [0.25, 0.3) is 11.6 Å². The molecule has 0 spiro atoms. The van der Waals surface area contributed by atoms with Crippen molar-refractivity contribution in [2.45, 2.75) is 40.3 Å². The molecule has 1 amide bonds. The second-order valence-electron chi connectivity index (χ2n) is 7.23. The number of hydrogen-bond donors (Lipinski definition) is 1. The van der Waals surface area contributed by atoms with Gasteiger partial charge >= 0.3 is 0 Å². The van der Waals surface area contributed by atoms with Gasteiger partial charge in [0, 0.05) is 23.9 Å². The first-order chi connectivity index (χ1) is 14.4. The number of nitrogens with zero attached hydrogens (tertiary/aromatic N) is 4. The van der Waals surface area contributed by atoms with Crippen LogP contribution in [0.15, 0.2) is 41.1 Å². The number of amides is 1. The number of aryl methyl sites for hydroxylation is 3. The summed E-state index contributed by atoms with van der Waals surface area (Å²) in [6.07, 6.45) is 1.94. The third-order valence-corrected chi connectivity index (χ3v) is 5.12. The first kappa shape index (κ1) is 19.8. The molecule has 3 aromatic heterocycles. The SMILES string of the molecule is CCn1cc([C@H](C)NC(=O)c2cc(-c3ccc(F)cc3)nc3onc(C)c23)c(C)n1. The van der Waals surface area contributed by atoms with Gasteiger partial charge in [-0.25, -0.2) is 9.37 Å². The van der Waals surface area contributed by atoms with E-state index in [1.807, 2.05) is 31.6 Å². The molecule has 0 aliphatic rings. The summed E-state index contributed by atoms with van der Waals surface area (Å²) in [4.78, 5) is 17.7. The highest BCUT2D eigenvalue weighted by Crippen LogP contribution is 2.28. The van der Waals surface area contributed by atoms with Crippen LogP contribution in [0.5, 0.6) is 0 Å². The van der Waals surface area contributed by atoms with Gasteiger partial charge in [-0.3, -0.25) is 9.48 Å². The fourth-order valence-corrected chi connectivity index (χ4v) is 3.51. The zero-order valence-electron chi connectivity index (χ0n) is 17.2. The molecule has 30 heavy (non-hydrogen) atoms.